The molecule has 1 amide bonds. The van der Waals surface area contributed by atoms with Crippen LogP contribution in [0, 0.1) is 6.92 Å². The maximum Gasteiger partial charge on any atom is 0.290 e. The second kappa shape index (κ2) is 6.78. The van der Waals surface area contributed by atoms with Gasteiger partial charge in [0.25, 0.3) is 11.8 Å². The fourth-order valence-electron chi connectivity index (χ4n) is 3.36. The van der Waals surface area contributed by atoms with Crippen LogP contribution in [-0.4, -0.2) is 37.3 Å². The zero-order valence-electron chi connectivity index (χ0n) is 14.9. The van der Waals surface area contributed by atoms with Gasteiger partial charge in [0.2, 0.25) is 0 Å². The molecule has 26 heavy (non-hydrogen) atoms. The van der Waals surface area contributed by atoms with Gasteiger partial charge in [0.05, 0.1) is 24.1 Å². The third kappa shape index (κ3) is 3.02. The minimum atomic E-state index is -0.219. The van der Waals surface area contributed by atoms with Crippen molar-refractivity contribution in [1.29, 1.82) is 0 Å². The van der Waals surface area contributed by atoms with Crippen LogP contribution in [0.5, 0.6) is 0 Å². The average molecular weight is 355 g/mol. The zero-order valence-corrected chi connectivity index (χ0v) is 14.9. The molecule has 1 atom stereocenters. The van der Waals surface area contributed by atoms with Crippen molar-refractivity contribution in [3.05, 3.63) is 41.9 Å². The molecule has 1 fully saturated rings. The minimum absolute atomic E-state index is 0.118. The van der Waals surface area contributed by atoms with Crippen LogP contribution in [0.15, 0.2) is 33.7 Å². The Balaban J connectivity index is 1.65. The van der Waals surface area contributed by atoms with E-state index in [9.17, 15) is 4.79 Å². The zero-order chi connectivity index (χ0) is 18.1. The van der Waals surface area contributed by atoms with E-state index in [1.165, 1.54) is 0 Å². The number of nitrogens with zero attached hydrogens (tertiary/aromatic N) is 5. The average Bonchev–Trinajstić information content (AvgIpc) is 3.33. The summed E-state index contributed by atoms with van der Waals surface area (Å²) in [5.74, 6) is 1.21. The minimum Gasteiger partial charge on any atom is -0.459 e. The highest BCUT2D eigenvalue weighted by molar-refractivity contribution is 5.93. The molecule has 4 rings (SSSR count). The monoisotopic (exact) mass is 355 g/mol. The van der Waals surface area contributed by atoms with Crippen molar-refractivity contribution in [1.82, 2.24) is 24.8 Å². The SMILES string of the molecule is Cc1ccoc1C(=O)N1CCCCCC1c1noc(-c2cnn(C)c2)n1. The first-order chi connectivity index (χ1) is 12.6. The molecular weight excluding hydrogens is 334 g/mol. The van der Waals surface area contributed by atoms with Crippen molar-refractivity contribution >= 4 is 5.91 Å². The smallest absolute Gasteiger partial charge is 0.290 e. The van der Waals surface area contributed by atoms with Crippen LogP contribution >= 0.6 is 0 Å². The fourth-order valence-corrected chi connectivity index (χ4v) is 3.36. The number of carbonyl (C=O) groups is 1. The van der Waals surface area contributed by atoms with Crippen molar-refractivity contribution < 1.29 is 13.7 Å². The summed E-state index contributed by atoms with van der Waals surface area (Å²) >= 11 is 0. The summed E-state index contributed by atoms with van der Waals surface area (Å²) in [6, 6.07) is 1.58. The highest BCUT2D eigenvalue weighted by Gasteiger charge is 2.33. The van der Waals surface area contributed by atoms with Gasteiger partial charge in [0, 0.05) is 25.4 Å². The van der Waals surface area contributed by atoms with E-state index in [0.29, 0.717) is 24.0 Å². The Hall–Kier alpha value is -2.90. The number of hydrogen-bond acceptors (Lipinski definition) is 6. The molecule has 8 nitrogen and oxygen atoms in total. The van der Waals surface area contributed by atoms with Crippen LogP contribution in [0.2, 0.25) is 0 Å². The molecule has 8 heteroatoms. The van der Waals surface area contributed by atoms with Gasteiger partial charge in [-0.25, -0.2) is 0 Å². The van der Waals surface area contributed by atoms with Crippen LogP contribution in [0.25, 0.3) is 11.5 Å². The van der Waals surface area contributed by atoms with Gasteiger partial charge in [-0.15, -0.1) is 0 Å². The van der Waals surface area contributed by atoms with E-state index in [1.807, 2.05) is 25.1 Å². The molecule has 136 valence electrons. The largest absolute Gasteiger partial charge is 0.459 e. The van der Waals surface area contributed by atoms with Crippen molar-refractivity contribution in [2.75, 3.05) is 6.54 Å². The van der Waals surface area contributed by atoms with E-state index < -0.39 is 0 Å². The van der Waals surface area contributed by atoms with E-state index in [1.54, 1.807) is 23.2 Å². The molecule has 0 saturated carbocycles. The highest BCUT2D eigenvalue weighted by atomic mass is 16.5. The van der Waals surface area contributed by atoms with E-state index in [2.05, 4.69) is 15.2 Å². The molecule has 0 aromatic carbocycles. The van der Waals surface area contributed by atoms with E-state index in [0.717, 1.165) is 36.8 Å². The Morgan fingerprint density at radius 1 is 1.31 bits per heavy atom. The van der Waals surface area contributed by atoms with Crippen molar-refractivity contribution in [3.8, 4) is 11.5 Å². The molecule has 1 aliphatic heterocycles. The topological polar surface area (TPSA) is 90.2 Å². The Morgan fingerprint density at radius 2 is 2.19 bits per heavy atom. The number of aromatic nitrogens is 4. The second-order valence-corrected chi connectivity index (χ2v) is 6.66. The fraction of sp³-hybridized carbons (Fsp3) is 0.444. The number of hydrogen-bond donors (Lipinski definition) is 0. The lowest BCUT2D eigenvalue weighted by atomic mass is 10.1. The maximum absolute atomic E-state index is 13.0. The lowest BCUT2D eigenvalue weighted by molar-refractivity contribution is 0.0636. The van der Waals surface area contributed by atoms with Gasteiger partial charge in [0.15, 0.2) is 11.6 Å². The van der Waals surface area contributed by atoms with Crippen molar-refractivity contribution in [2.45, 2.75) is 38.6 Å². The first kappa shape index (κ1) is 16.6. The summed E-state index contributed by atoms with van der Waals surface area (Å²) in [5.41, 5.74) is 1.60. The third-order valence-electron chi connectivity index (χ3n) is 4.76. The maximum atomic E-state index is 13.0. The summed E-state index contributed by atoms with van der Waals surface area (Å²) in [6.07, 6.45) is 8.89. The van der Waals surface area contributed by atoms with Crippen LogP contribution in [0.4, 0.5) is 0 Å². The van der Waals surface area contributed by atoms with Crippen LogP contribution in [0.1, 0.15) is 53.7 Å². The summed E-state index contributed by atoms with van der Waals surface area (Å²) in [4.78, 5) is 19.4. The van der Waals surface area contributed by atoms with Gasteiger partial charge in [-0.1, -0.05) is 18.0 Å². The van der Waals surface area contributed by atoms with Crippen LogP contribution < -0.4 is 0 Å². The molecule has 1 aliphatic rings. The summed E-state index contributed by atoms with van der Waals surface area (Å²) in [6.45, 7) is 2.53. The molecule has 1 unspecified atom stereocenters. The van der Waals surface area contributed by atoms with Gasteiger partial charge in [-0.05, 0) is 25.8 Å². The van der Waals surface area contributed by atoms with Gasteiger partial charge in [-0.3, -0.25) is 9.48 Å². The number of rotatable bonds is 3. The third-order valence-corrected chi connectivity index (χ3v) is 4.76. The van der Waals surface area contributed by atoms with Gasteiger partial charge in [-0.2, -0.15) is 10.1 Å². The summed E-state index contributed by atoms with van der Waals surface area (Å²) in [5, 5.41) is 8.28. The molecule has 0 radical (unpaired) electrons. The molecule has 1 saturated heterocycles. The molecule has 0 bridgehead atoms. The highest BCUT2D eigenvalue weighted by Crippen LogP contribution is 2.31. The van der Waals surface area contributed by atoms with Crippen molar-refractivity contribution in [3.63, 3.8) is 0 Å². The molecule has 3 aromatic rings. The van der Waals surface area contributed by atoms with Crippen molar-refractivity contribution in [2.24, 2.45) is 7.05 Å². The molecule has 3 aromatic heterocycles. The Labute approximate surface area is 150 Å². The molecule has 0 spiro atoms. The van der Waals surface area contributed by atoms with E-state index in [-0.39, 0.29) is 11.9 Å². The number of aryl methyl sites for hydroxylation is 2. The van der Waals surface area contributed by atoms with Gasteiger partial charge in [0.1, 0.15) is 0 Å². The Bertz CT molecular complexity index is 909. The number of amides is 1. The number of likely N-dealkylation sites (tertiary alicyclic amines) is 1. The predicted octanol–water partition coefficient (Wildman–Crippen LogP) is 3.13. The number of carbonyl (C=O) groups excluding carboxylic acids is 1. The first-order valence-electron chi connectivity index (χ1n) is 8.81. The van der Waals surface area contributed by atoms with Gasteiger partial charge < -0.3 is 13.8 Å². The normalized spacial score (nSPS) is 18.1. The molecule has 4 heterocycles. The quantitative estimate of drug-likeness (QED) is 0.717. The molecule has 0 N–H and O–H groups in total. The van der Waals surface area contributed by atoms with Gasteiger partial charge >= 0.3 is 0 Å². The lowest BCUT2D eigenvalue weighted by Crippen LogP contribution is -2.35. The Morgan fingerprint density at radius 3 is 2.92 bits per heavy atom. The van der Waals surface area contributed by atoms with E-state index >= 15 is 0 Å². The summed E-state index contributed by atoms with van der Waals surface area (Å²) < 4.78 is 12.5. The first-order valence-corrected chi connectivity index (χ1v) is 8.81. The predicted molar refractivity (Wildman–Crippen MR) is 92.2 cm³/mol. The second-order valence-electron chi connectivity index (χ2n) is 6.66. The molecule has 0 aliphatic carbocycles. The van der Waals surface area contributed by atoms with Crippen LogP contribution in [-0.2, 0) is 7.05 Å². The summed E-state index contributed by atoms with van der Waals surface area (Å²) in [7, 11) is 1.83. The van der Waals surface area contributed by atoms with Crippen LogP contribution in [0.3, 0.4) is 0 Å². The number of furan rings is 1. The standard InChI is InChI=1S/C18H21N5O3/c1-12-7-9-25-15(12)18(24)23-8-5-3-4-6-14(23)16-20-17(26-21-16)13-10-19-22(2)11-13/h7,9-11,14H,3-6,8H2,1-2H3. The lowest BCUT2D eigenvalue weighted by Gasteiger charge is -2.27. The Kier molecular flexibility index (Phi) is 4.32. The molecular formula is C18H21N5O3. The van der Waals surface area contributed by atoms with E-state index in [4.69, 9.17) is 8.94 Å².